The number of rotatable bonds is 4. The van der Waals surface area contributed by atoms with Crippen LogP contribution in [0, 0.1) is 0 Å². The Balaban J connectivity index is 1.41. The van der Waals surface area contributed by atoms with Gasteiger partial charge in [-0.3, -0.25) is 4.79 Å². The first-order valence-corrected chi connectivity index (χ1v) is 9.97. The zero-order valence-electron chi connectivity index (χ0n) is 15.4. The van der Waals surface area contributed by atoms with Crippen LogP contribution >= 0.6 is 11.3 Å². The smallest absolute Gasteiger partial charge is 0.227 e. The number of furan rings is 1. The molecule has 3 aromatic carbocycles. The summed E-state index contributed by atoms with van der Waals surface area (Å²) in [5, 5.41) is 4.23. The highest BCUT2D eigenvalue weighted by atomic mass is 32.1. The number of benzene rings is 3. The second-order valence-corrected chi connectivity index (χ2v) is 8.04. The lowest BCUT2D eigenvalue weighted by molar-refractivity contribution is -0.129. The molecule has 5 aromatic rings. The molecule has 28 heavy (non-hydrogen) atoms. The van der Waals surface area contributed by atoms with Gasteiger partial charge in [-0.15, -0.1) is 11.3 Å². The Bertz CT molecular complexity index is 1290. The number of para-hydroxylation sites is 1. The topological polar surface area (TPSA) is 46.3 Å². The van der Waals surface area contributed by atoms with Crippen LogP contribution in [0.3, 0.4) is 0 Å². The summed E-state index contributed by atoms with van der Waals surface area (Å²) in [6, 6.07) is 20.2. The summed E-state index contributed by atoms with van der Waals surface area (Å²) < 4.78 is 6.86. The second kappa shape index (κ2) is 6.77. The molecule has 2 heterocycles. The maximum atomic E-state index is 12.9. The Hall–Kier alpha value is -3.18. The van der Waals surface area contributed by atoms with Crippen LogP contribution in [0.5, 0.6) is 0 Å². The van der Waals surface area contributed by atoms with Crippen molar-refractivity contribution in [2.24, 2.45) is 0 Å². The lowest BCUT2D eigenvalue weighted by Gasteiger charge is -2.15. The number of hydrogen-bond acceptors (Lipinski definition) is 4. The van der Waals surface area contributed by atoms with Crippen molar-refractivity contribution in [3.63, 3.8) is 0 Å². The normalized spacial score (nSPS) is 11.5. The second-order valence-electron chi connectivity index (χ2n) is 6.92. The molecule has 0 radical (unpaired) electrons. The third-order valence-electron chi connectivity index (χ3n) is 5.02. The first kappa shape index (κ1) is 17.0. The number of thiazole rings is 1. The van der Waals surface area contributed by atoms with Crippen molar-refractivity contribution in [3.05, 3.63) is 77.5 Å². The summed E-state index contributed by atoms with van der Waals surface area (Å²) in [5.41, 5.74) is 2.72. The average Bonchev–Trinajstić information content (AvgIpc) is 3.31. The fourth-order valence-electron chi connectivity index (χ4n) is 3.58. The van der Waals surface area contributed by atoms with Crippen LogP contribution in [-0.4, -0.2) is 22.8 Å². The molecule has 0 bridgehead atoms. The molecule has 2 aromatic heterocycles. The van der Waals surface area contributed by atoms with E-state index < -0.39 is 0 Å². The number of likely N-dealkylation sites (N-methyl/N-ethyl adjacent to an activating group) is 1. The molecule has 138 valence electrons. The summed E-state index contributed by atoms with van der Waals surface area (Å²) in [6.07, 6.45) is 2.02. The van der Waals surface area contributed by atoms with Crippen LogP contribution < -0.4 is 0 Å². The van der Waals surface area contributed by atoms with Gasteiger partial charge in [0.25, 0.3) is 0 Å². The van der Waals surface area contributed by atoms with Gasteiger partial charge in [0.05, 0.1) is 29.4 Å². The molecule has 0 unspecified atom stereocenters. The number of nitrogens with zero attached hydrogens (tertiary/aromatic N) is 2. The Morgan fingerprint density at radius 3 is 2.79 bits per heavy atom. The largest absolute Gasteiger partial charge is 0.464 e. The van der Waals surface area contributed by atoms with Gasteiger partial charge in [-0.25, -0.2) is 4.98 Å². The standard InChI is InChI=1S/C23H18N2O2S/c1-25(13-21-24-18-8-4-5-9-20(18)28-21)22(26)12-16-14-27-19-11-10-15-6-2-3-7-17(15)23(16)19/h2-11,14H,12-13H2,1H3. The van der Waals surface area contributed by atoms with E-state index >= 15 is 0 Å². The fourth-order valence-corrected chi connectivity index (χ4v) is 4.60. The Labute approximate surface area is 166 Å². The third kappa shape index (κ3) is 2.94. The van der Waals surface area contributed by atoms with E-state index in [1.807, 2.05) is 49.5 Å². The maximum absolute atomic E-state index is 12.9. The Morgan fingerprint density at radius 1 is 1.07 bits per heavy atom. The van der Waals surface area contributed by atoms with Gasteiger partial charge in [-0.2, -0.15) is 0 Å². The fraction of sp³-hybridized carbons (Fsp3) is 0.130. The number of fused-ring (bicyclic) bond motifs is 4. The number of carbonyl (C=O) groups excluding carboxylic acids is 1. The van der Waals surface area contributed by atoms with E-state index in [9.17, 15) is 4.79 Å². The van der Waals surface area contributed by atoms with Gasteiger partial charge >= 0.3 is 0 Å². The van der Waals surface area contributed by atoms with Crippen molar-refractivity contribution < 1.29 is 9.21 Å². The molecule has 5 rings (SSSR count). The Morgan fingerprint density at radius 2 is 1.89 bits per heavy atom. The van der Waals surface area contributed by atoms with E-state index in [0.29, 0.717) is 13.0 Å². The van der Waals surface area contributed by atoms with Crippen molar-refractivity contribution in [3.8, 4) is 0 Å². The van der Waals surface area contributed by atoms with E-state index in [4.69, 9.17) is 4.42 Å². The predicted octanol–water partition coefficient (Wildman–Crippen LogP) is 5.40. The molecular weight excluding hydrogens is 368 g/mol. The summed E-state index contributed by atoms with van der Waals surface area (Å²) in [4.78, 5) is 19.2. The Kier molecular flexibility index (Phi) is 4.10. The highest BCUT2D eigenvalue weighted by molar-refractivity contribution is 7.18. The lowest BCUT2D eigenvalue weighted by atomic mass is 10.0. The van der Waals surface area contributed by atoms with E-state index in [2.05, 4.69) is 23.2 Å². The minimum atomic E-state index is 0.0508. The van der Waals surface area contributed by atoms with Crippen LogP contribution in [0.4, 0.5) is 0 Å². The molecule has 0 aliphatic heterocycles. The van der Waals surface area contributed by atoms with Crippen molar-refractivity contribution in [1.82, 2.24) is 9.88 Å². The summed E-state index contributed by atoms with van der Waals surface area (Å²) in [6.45, 7) is 0.509. The van der Waals surface area contributed by atoms with Gasteiger partial charge in [0.2, 0.25) is 5.91 Å². The summed E-state index contributed by atoms with van der Waals surface area (Å²) >= 11 is 1.63. The van der Waals surface area contributed by atoms with Gasteiger partial charge in [0.15, 0.2) is 0 Å². The van der Waals surface area contributed by atoms with E-state index in [-0.39, 0.29) is 5.91 Å². The molecule has 5 heteroatoms. The number of aromatic nitrogens is 1. The number of amides is 1. The van der Waals surface area contributed by atoms with E-state index in [1.165, 1.54) is 0 Å². The lowest BCUT2D eigenvalue weighted by Crippen LogP contribution is -2.27. The van der Waals surface area contributed by atoms with Gasteiger partial charge in [-0.1, -0.05) is 42.5 Å². The molecule has 0 fully saturated rings. The van der Waals surface area contributed by atoms with Crippen molar-refractivity contribution in [2.75, 3.05) is 7.05 Å². The summed E-state index contributed by atoms with van der Waals surface area (Å²) in [7, 11) is 1.83. The maximum Gasteiger partial charge on any atom is 0.227 e. The quantitative estimate of drug-likeness (QED) is 0.416. The zero-order valence-corrected chi connectivity index (χ0v) is 16.2. The van der Waals surface area contributed by atoms with Crippen LogP contribution in [0.25, 0.3) is 32.0 Å². The predicted molar refractivity (Wildman–Crippen MR) is 114 cm³/mol. The van der Waals surface area contributed by atoms with Crippen LogP contribution in [-0.2, 0) is 17.8 Å². The molecule has 4 nitrogen and oxygen atoms in total. The molecule has 1 amide bonds. The van der Waals surface area contributed by atoms with Crippen molar-refractivity contribution >= 4 is 49.2 Å². The highest BCUT2D eigenvalue weighted by Crippen LogP contribution is 2.30. The molecular formula is C23H18N2O2S. The molecule has 0 spiro atoms. The number of carbonyl (C=O) groups is 1. The monoisotopic (exact) mass is 386 g/mol. The van der Waals surface area contributed by atoms with E-state index in [0.717, 1.165) is 42.5 Å². The van der Waals surface area contributed by atoms with Gasteiger partial charge in [0.1, 0.15) is 10.6 Å². The van der Waals surface area contributed by atoms with Gasteiger partial charge in [0, 0.05) is 18.0 Å². The first-order chi connectivity index (χ1) is 13.7. The number of hydrogen-bond donors (Lipinski definition) is 0. The summed E-state index contributed by atoms with van der Waals surface area (Å²) in [5.74, 6) is 0.0508. The molecule has 0 saturated heterocycles. The van der Waals surface area contributed by atoms with Crippen molar-refractivity contribution in [2.45, 2.75) is 13.0 Å². The minimum absolute atomic E-state index is 0.0508. The zero-order chi connectivity index (χ0) is 19.1. The first-order valence-electron chi connectivity index (χ1n) is 9.15. The van der Waals surface area contributed by atoms with Crippen LogP contribution in [0.15, 0.2) is 71.3 Å². The van der Waals surface area contributed by atoms with Crippen LogP contribution in [0.2, 0.25) is 0 Å². The molecule has 0 atom stereocenters. The minimum Gasteiger partial charge on any atom is -0.464 e. The van der Waals surface area contributed by atoms with Gasteiger partial charge < -0.3 is 9.32 Å². The third-order valence-corrected chi connectivity index (χ3v) is 6.04. The van der Waals surface area contributed by atoms with E-state index in [1.54, 1.807) is 22.5 Å². The SMILES string of the molecule is CN(Cc1nc2ccccc2s1)C(=O)Cc1coc2ccc3ccccc3c12. The highest BCUT2D eigenvalue weighted by Gasteiger charge is 2.17. The van der Waals surface area contributed by atoms with Crippen molar-refractivity contribution in [1.29, 1.82) is 0 Å². The molecule has 0 saturated carbocycles. The average molecular weight is 386 g/mol. The van der Waals surface area contributed by atoms with Crippen LogP contribution in [0.1, 0.15) is 10.6 Å². The molecule has 0 N–H and O–H groups in total. The molecule has 0 aliphatic carbocycles. The van der Waals surface area contributed by atoms with Gasteiger partial charge in [-0.05, 0) is 29.0 Å². The molecule has 0 aliphatic rings.